The second-order valence-electron chi connectivity index (χ2n) is 5.01. The Balaban J connectivity index is 3.21. The van der Waals surface area contributed by atoms with Crippen molar-refractivity contribution in [1.82, 2.24) is 9.80 Å². The molecule has 1 unspecified atom stereocenters. The van der Waals surface area contributed by atoms with Crippen LogP contribution in [0, 0.1) is 22.7 Å². The number of carbonyl (C=O) groups excluding carboxylic acids is 2. The predicted molar refractivity (Wildman–Crippen MR) is 62.2 cm³/mol. The average Bonchev–Trinajstić information content (AvgIpc) is 2.38. The van der Waals surface area contributed by atoms with Crippen molar-refractivity contribution < 1.29 is 9.59 Å². The number of allylic oxidation sites excluding steroid dienone is 1. The van der Waals surface area contributed by atoms with E-state index in [4.69, 9.17) is 5.26 Å². The third-order valence-corrected chi connectivity index (χ3v) is 3.16. The Morgan fingerprint density at radius 1 is 1.47 bits per heavy atom. The summed E-state index contributed by atoms with van der Waals surface area (Å²) >= 11 is 0. The molecule has 0 radical (unpaired) electrons. The number of nitriles is 1. The molecule has 0 spiro atoms. The quantitative estimate of drug-likeness (QED) is 0.528. The predicted octanol–water partition coefficient (Wildman–Crippen LogP) is 0.944. The first kappa shape index (κ1) is 13.2. The minimum atomic E-state index is -0.751. The first-order valence-electron chi connectivity index (χ1n) is 5.40. The van der Waals surface area contributed by atoms with Crippen molar-refractivity contribution in [2.24, 2.45) is 11.3 Å². The lowest BCUT2D eigenvalue weighted by atomic mass is 9.82. The molecular weight excluding hydrogens is 218 g/mol. The van der Waals surface area contributed by atoms with Gasteiger partial charge in [0.05, 0.1) is 11.3 Å². The van der Waals surface area contributed by atoms with Gasteiger partial charge in [0.1, 0.15) is 11.8 Å². The van der Waals surface area contributed by atoms with Crippen LogP contribution >= 0.6 is 0 Å². The van der Waals surface area contributed by atoms with Gasteiger partial charge < -0.3 is 4.90 Å². The Labute approximate surface area is 101 Å². The molecule has 1 heterocycles. The van der Waals surface area contributed by atoms with Crippen LogP contribution in [0.2, 0.25) is 0 Å². The van der Waals surface area contributed by atoms with E-state index in [2.05, 4.69) is 0 Å². The second-order valence-corrected chi connectivity index (χ2v) is 5.01. The van der Waals surface area contributed by atoms with E-state index in [1.807, 2.05) is 6.07 Å². The molecule has 5 nitrogen and oxygen atoms in total. The fourth-order valence-corrected chi connectivity index (χ4v) is 1.69. The highest BCUT2D eigenvalue weighted by atomic mass is 16.2. The normalized spacial score (nSPS) is 23.9. The zero-order valence-corrected chi connectivity index (χ0v) is 10.8. The van der Waals surface area contributed by atoms with Gasteiger partial charge in [-0.3, -0.25) is 9.59 Å². The molecule has 0 aromatic heterocycles. The van der Waals surface area contributed by atoms with Gasteiger partial charge in [-0.15, -0.1) is 0 Å². The van der Waals surface area contributed by atoms with Crippen molar-refractivity contribution in [3.8, 4) is 6.07 Å². The molecule has 0 bridgehead atoms. The summed E-state index contributed by atoms with van der Waals surface area (Å²) in [6, 6.07) is 1.90. The lowest BCUT2D eigenvalue weighted by Gasteiger charge is -2.18. The molecule has 1 saturated heterocycles. The number of carbonyl (C=O) groups is 2. The van der Waals surface area contributed by atoms with Crippen molar-refractivity contribution in [3.05, 3.63) is 11.9 Å². The van der Waals surface area contributed by atoms with Crippen LogP contribution in [0.15, 0.2) is 11.9 Å². The molecule has 1 aliphatic heterocycles. The third-order valence-electron chi connectivity index (χ3n) is 3.16. The second kappa shape index (κ2) is 4.21. The number of amides is 2. The lowest BCUT2D eigenvalue weighted by Crippen LogP contribution is -2.32. The van der Waals surface area contributed by atoms with Crippen LogP contribution in [0.4, 0.5) is 0 Å². The maximum Gasteiger partial charge on any atom is 0.240 e. The van der Waals surface area contributed by atoms with Gasteiger partial charge in [-0.05, 0) is 0 Å². The van der Waals surface area contributed by atoms with Gasteiger partial charge in [0.2, 0.25) is 11.8 Å². The summed E-state index contributed by atoms with van der Waals surface area (Å²) in [4.78, 5) is 26.8. The molecule has 5 heteroatoms. The summed E-state index contributed by atoms with van der Waals surface area (Å²) in [5.74, 6) is -1.03. The van der Waals surface area contributed by atoms with Crippen LogP contribution in [0.3, 0.4) is 0 Å². The number of rotatable bonds is 2. The molecule has 0 aliphatic carbocycles. The summed E-state index contributed by atoms with van der Waals surface area (Å²) in [7, 11) is 3.47. The highest BCUT2D eigenvalue weighted by Crippen LogP contribution is 2.38. The minimum absolute atomic E-state index is 0.0717. The van der Waals surface area contributed by atoms with Gasteiger partial charge in [0.15, 0.2) is 0 Å². The van der Waals surface area contributed by atoms with E-state index >= 15 is 0 Å². The van der Waals surface area contributed by atoms with Crippen LogP contribution in [0.5, 0.6) is 0 Å². The van der Waals surface area contributed by atoms with E-state index in [-0.39, 0.29) is 17.5 Å². The molecule has 0 aromatic carbocycles. The third kappa shape index (κ3) is 2.03. The summed E-state index contributed by atoms with van der Waals surface area (Å²) < 4.78 is 0. The van der Waals surface area contributed by atoms with E-state index in [0.29, 0.717) is 0 Å². The van der Waals surface area contributed by atoms with Crippen molar-refractivity contribution >= 4 is 11.8 Å². The maximum absolute atomic E-state index is 12.1. The van der Waals surface area contributed by atoms with Crippen LogP contribution < -0.4 is 0 Å². The van der Waals surface area contributed by atoms with Crippen molar-refractivity contribution in [3.63, 3.8) is 0 Å². The number of hydrogen-bond donors (Lipinski definition) is 0. The molecule has 0 saturated carbocycles. The molecular formula is C12H17N3O2. The smallest absolute Gasteiger partial charge is 0.240 e. The Morgan fingerprint density at radius 3 is 2.29 bits per heavy atom. The standard InChI is InChI=1S/C12H17N3O2/c1-8-10(16)15(11(17)12(8,2)3)9(6-13)7-14(4)5/h7-8H,1-5H3/b9-7-. The molecule has 1 fully saturated rings. The average molecular weight is 235 g/mol. The molecule has 17 heavy (non-hydrogen) atoms. The topological polar surface area (TPSA) is 64.4 Å². The molecule has 1 rings (SSSR count). The van der Waals surface area contributed by atoms with Crippen LogP contribution in [0.25, 0.3) is 0 Å². The SMILES string of the molecule is CC1C(=O)N(/C(C#N)=C\N(C)C)C(=O)C1(C)C. The van der Waals surface area contributed by atoms with Crippen molar-refractivity contribution in [2.75, 3.05) is 14.1 Å². The lowest BCUT2D eigenvalue weighted by molar-refractivity contribution is -0.138. The van der Waals surface area contributed by atoms with Gasteiger partial charge in [0, 0.05) is 20.3 Å². The largest absolute Gasteiger partial charge is 0.381 e. The molecule has 92 valence electrons. The van der Waals surface area contributed by atoms with Crippen LogP contribution in [-0.2, 0) is 9.59 Å². The van der Waals surface area contributed by atoms with Gasteiger partial charge >= 0.3 is 0 Å². The fourth-order valence-electron chi connectivity index (χ4n) is 1.69. The van der Waals surface area contributed by atoms with Crippen molar-refractivity contribution in [1.29, 1.82) is 5.26 Å². The summed E-state index contributed by atoms with van der Waals surface area (Å²) in [5, 5.41) is 9.04. The van der Waals surface area contributed by atoms with E-state index < -0.39 is 11.3 Å². The van der Waals surface area contributed by atoms with Gasteiger partial charge in [0.25, 0.3) is 0 Å². The highest BCUT2D eigenvalue weighted by molar-refractivity contribution is 6.08. The van der Waals surface area contributed by atoms with E-state index in [9.17, 15) is 9.59 Å². The Morgan fingerprint density at radius 2 is 2.00 bits per heavy atom. The molecule has 1 atom stereocenters. The molecule has 1 aliphatic rings. The first-order valence-corrected chi connectivity index (χ1v) is 5.40. The zero-order valence-electron chi connectivity index (χ0n) is 10.8. The van der Waals surface area contributed by atoms with Crippen LogP contribution in [0.1, 0.15) is 20.8 Å². The van der Waals surface area contributed by atoms with Crippen molar-refractivity contribution in [2.45, 2.75) is 20.8 Å². The van der Waals surface area contributed by atoms with Gasteiger partial charge in [-0.2, -0.15) is 5.26 Å². The van der Waals surface area contributed by atoms with E-state index in [1.165, 1.54) is 6.20 Å². The monoisotopic (exact) mass is 235 g/mol. The fraction of sp³-hybridized carbons (Fsp3) is 0.583. The Bertz CT molecular complexity index is 430. The highest BCUT2D eigenvalue weighted by Gasteiger charge is 2.52. The zero-order chi connectivity index (χ0) is 13.4. The molecule has 0 aromatic rings. The summed E-state index contributed by atoms with van der Waals surface area (Å²) in [6.45, 7) is 5.16. The van der Waals surface area contributed by atoms with E-state index in [1.54, 1.807) is 39.8 Å². The number of likely N-dealkylation sites (tertiary alicyclic amines) is 1. The summed E-state index contributed by atoms with van der Waals surface area (Å²) in [6.07, 6.45) is 1.48. The summed E-state index contributed by atoms with van der Waals surface area (Å²) in [5.41, 5.74) is -0.679. The van der Waals surface area contributed by atoms with Crippen LogP contribution in [-0.4, -0.2) is 35.7 Å². The Kier molecular flexibility index (Phi) is 3.28. The first-order chi connectivity index (χ1) is 7.73. The van der Waals surface area contributed by atoms with E-state index in [0.717, 1.165) is 4.90 Å². The maximum atomic E-state index is 12.1. The minimum Gasteiger partial charge on any atom is -0.381 e. The number of hydrogen-bond acceptors (Lipinski definition) is 4. The molecule has 2 amide bonds. The van der Waals surface area contributed by atoms with Gasteiger partial charge in [-0.1, -0.05) is 20.8 Å². The number of imide groups is 1. The Hall–Kier alpha value is -1.83. The molecule has 0 N–H and O–H groups in total. The number of nitrogens with zero attached hydrogens (tertiary/aromatic N) is 3. The van der Waals surface area contributed by atoms with Gasteiger partial charge in [-0.25, -0.2) is 4.90 Å².